The molecule has 0 radical (unpaired) electrons. The van der Waals surface area contributed by atoms with E-state index < -0.39 is 6.04 Å². The summed E-state index contributed by atoms with van der Waals surface area (Å²) in [6.07, 6.45) is 0. The van der Waals surface area contributed by atoms with Crippen LogP contribution in [0.1, 0.15) is 30.1 Å². The largest absolute Gasteiger partial charge is 0.348 e. The molecule has 0 saturated heterocycles. The van der Waals surface area contributed by atoms with Gasteiger partial charge in [-0.3, -0.25) is 4.79 Å². The number of nitrogens with one attached hydrogen (secondary N) is 1. The zero-order valence-electron chi connectivity index (χ0n) is 11.2. The van der Waals surface area contributed by atoms with E-state index in [-0.39, 0.29) is 11.9 Å². The van der Waals surface area contributed by atoms with Crippen LogP contribution in [-0.2, 0) is 4.79 Å². The third-order valence-corrected chi connectivity index (χ3v) is 3.38. The lowest BCUT2D eigenvalue weighted by Gasteiger charge is -2.18. The second kappa shape index (κ2) is 6.55. The van der Waals surface area contributed by atoms with Gasteiger partial charge in [0.25, 0.3) is 0 Å². The number of benzene rings is 2. The van der Waals surface area contributed by atoms with Gasteiger partial charge in [0.2, 0.25) is 5.91 Å². The van der Waals surface area contributed by atoms with Crippen LogP contribution in [0.15, 0.2) is 54.6 Å². The standard InChI is InChI=1S/C16H17ClN2O/c1-11(13-8-5-9-14(17)10-13)19-16(20)15(18)12-6-3-2-4-7-12/h2-11,15H,18H2,1H3,(H,19,20)/t11-,15+/m1/s1. The highest BCUT2D eigenvalue weighted by Gasteiger charge is 2.18. The van der Waals surface area contributed by atoms with Crippen molar-refractivity contribution in [3.8, 4) is 0 Å². The molecule has 104 valence electrons. The lowest BCUT2D eigenvalue weighted by Crippen LogP contribution is -2.35. The zero-order valence-corrected chi connectivity index (χ0v) is 12.0. The lowest BCUT2D eigenvalue weighted by molar-refractivity contribution is -0.123. The summed E-state index contributed by atoms with van der Waals surface area (Å²) < 4.78 is 0. The van der Waals surface area contributed by atoms with Crippen molar-refractivity contribution >= 4 is 17.5 Å². The van der Waals surface area contributed by atoms with E-state index in [0.29, 0.717) is 5.02 Å². The number of amides is 1. The van der Waals surface area contributed by atoms with Crippen LogP contribution in [0.25, 0.3) is 0 Å². The third kappa shape index (κ3) is 3.59. The fourth-order valence-corrected chi connectivity index (χ4v) is 2.17. The maximum Gasteiger partial charge on any atom is 0.241 e. The molecule has 3 nitrogen and oxygen atoms in total. The van der Waals surface area contributed by atoms with Crippen molar-refractivity contribution in [2.24, 2.45) is 5.73 Å². The summed E-state index contributed by atoms with van der Waals surface area (Å²) in [5.74, 6) is -0.205. The zero-order chi connectivity index (χ0) is 14.5. The van der Waals surface area contributed by atoms with Gasteiger partial charge in [-0.1, -0.05) is 54.1 Å². The topological polar surface area (TPSA) is 55.1 Å². The van der Waals surface area contributed by atoms with Gasteiger partial charge in [0, 0.05) is 5.02 Å². The van der Waals surface area contributed by atoms with Crippen molar-refractivity contribution in [1.29, 1.82) is 0 Å². The molecule has 2 aromatic carbocycles. The Morgan fingerprint density at radius 3 is 2.40 bits per heavy atom. The summed E-state index contributed by atoms with van der Waals surface area (Å²) in [6, 6.07) is 15.9. The monoisotopic (exact) mass is 288 g/mol. The SMILES string of the molecule is C[C@@H](NC(=O)[C@@H](N)c1ccccc1)c1cccc(Cl)c1. The van der Waals surface area contributed by atoms with E-state index in [0.717, 1.165) is 11.1 Å². The summed E-state index contributed by atoms with van der Waals surface area (Å²) in [4.78, 5) is 12.1. The predicted octanol–water partition coefficient (Wildman–Crippen LogP) is 3.22. The fraction of sp³-hybridized carbons (Fsp3) is 0.188. The number of halogens is 1. The van der Waals surface area contributed by atoms with Crippen LogP contribution in [0.5, 0.6) is 0 Å². The smallest absolute Gasteiger partial charge is 0.241 e. The Morgan fingerprint density at radius 2 is 1.75 bits per heavy atom. The van der Waals surface area contributed by atoms with Gasteiger partial charge >= 0.3 is 0 Å². The second-order valence-corrected chi connectivity index (χ2v) is 5.11. The first-order valence-corrected chi connectivity index (χ1v) is 6.82. The van der Waals surface area contributed by atoms with Crippen LogP contribution < -0.4 is 11.1 Å². The van der Waals surface area contributed by atoms with Gasteiger partial charge in [-0.05, 0) is 30.2 Å². The van der Waals surface area contributed by atoms with E-state index >= 15 is 0 Å². The minimum atomic E-state index is -0.669. The average Bonchev–Trinajstić information content (AvgIpc) is 2.47. The predicted molar refractivity (Wildman–Crippen MR) is 81.4 cm³/mol. The van der Waals surface area contributed by atoms with E-state index in [1.54, 1.807) is 6.07 Å². The fourth-order valence-electron chi connectivity index (χ4n) is 1.97. The van der Waals surface area contributed by atoms with E-state index in [2.05, 4.69) is 5.32 Å². The molecule has 2 atom stereocenters. The van der Waals surface area contributed by atoms with E-state index in [4.69, 9.17) is 17.3 Å². The van der Waals surface area contributed by atoms with E-state index in [1.165, 1.54) is 0 Å². The third-order valence-electron chi connectivity index (χ3n) is 3.15. The van der Waals surface area contributed by atoms with E-state index in [1.807, 2.05) is 55.5 Å². The Morgan fingerprint density at radius 1 is 1.10 bits per heavy atom. The number of carbonyl (C=O) groups is 1. The molecular formula is C16H17ClN2O. The molecule has 0 aromatic heterocycles. The van der Waals surface area contributed by atoms with Gasteiger partial charge in [0.1, 0.15) is 6.04 Å². The van der Waals surface area contributed by atoms with Crippen molar-refractivity contribution in [2.75, 3.05) is 0 Å². The highest BCUT2D eigenvalue weighted by atomic mass is 35.5. The first-order chi connectivity index (χ1) is 9.58. The number of hydrogen-bond donors (Lipinski definition) is 2. The van der Waals surface area contributed by atoms with Gasteiger partial charge in [-0.25, -0.2) is 0 Å². The number of nitrogens with two attached hydrogens (primary N) is 1. The Kier molecular flexibility index (Phi) is 4.77. The molecule has 0 aliphatic heterocycles. The van der Waals surface area contributed by atoms with Crippen LogP contribution in [0.3, 0.4) is 0 Å². The van der Waals surface area contributed by atoms with Crippen LogP contribution in [0.2, 0.25) is 5.02 Å². The van der Waals surface area contributed by atoms with Gasteiger partial charge in [0.05, 0.1) is 6.04 Å². The molecule has 0 saturated carbocycles. The Balaban J connectivity index is 2.04. The summed E-state index contributed by atoms with van der Waals surface area (Å²) in [5, 5.41) is 3.55. The molecule has 4 heteroatoms. The van der Waals surface area contributed by atoms with Crippen molar-refractivity contribution in [3.63, 3.8) is 0 Å². The van der Waals surface area contributed by atoms with Crippen LogP contribution in [-0.4, -0.2) is 5.91 Å². The van der Waals surface area contributed by atoms with Crippen LogP contribution in [0, 0.1) is 0 Å². The molecule has 0 aliphatic rings. The quantitative estimate of drug-likeness (QED) is 0.907. The molecule has 2 aromatic rings. The Labute approximate surface area is 123 Å². The van der Waals surface area contributed by atoms with Crippen LogP contribution >= 0.6 is 11.6 Å². The van der Waals surface area contributed by atoms with Crippen molar-refractivity contribution < 1.29 is 4.79 Å². The Bertz CT molecular complexity index is 586. The molecule has 0 aliphatic carbocycles. The summed E-state index contributed by atoms with van der Waals surface area (Å²) in [6.45, 7) is 1.90. The molecule has 0 spiro atoms. The van der Waals surface area contributed by atoms with Crippen LogP contribution in [0.4, 0.5) is 0 Å². The summed E-state index contributed by atoms with van der Waals surface area (Å²) in [5.41, 5.74) is 7.70. The van der Waals surface area contributed by atoms with Crippen molar-refractivity contribution in [2.45, 2.75) is 19.0 Å². The number of carbonyl (C=O) groups excluding carboxylic acids is 1. The molecule has 2 rings (SSSR count). The molecule has 1 amide bonds. The highest BCUT2D eigenvalue weighted by Crippen LogP contribution is 2.18. The van der Waals surface area contributed by atoms with Gasteiger partial charge in [-0.15, -0.1) is 0 Å². The normalized spacial score (nSPS) is 13.6. The molecule has 3 N–H and O–H groups in total. The van der Waals surface area contributed by atoms with Crippen molar-refractivity contribution in [3.05, 3.63) is 70.7 Å². The molecular weight excluding hydrogens is 272 g/mol. The first kappa shape index (κ1) is 14.6. The molecule has 0 bridgehead atoms. The second-order valence-electron chi connectivity index (χ2n) is 4.67. The lowest BCUT2D eigenvalue weighted by atomic mass is 10.1. The number of hydrogen-bond acceptors (Lipinski definition) is 2. The Hall–Kier alpha value is -1.84. The highest BCUT2D eigenvalue weighted by molar-refractivity contribution is 6.30. The minimum Gasteiger partial charge on any atom is -0.348 e. The van der Waals surface area contributed by atoms with Gasteiger partial charge < -0.3 is 11.1 Å². The molecule has 0 fully saturated rings. The average molecular weight is 289 g/mol. The molecule has 0 unspecified atom stereocenters. The maximum atomic E-state index is 12.1. The number of rotatable bonds is 4. The first-order valence-electron chi connectivity index (χ1n) is 6.44. The van der Waals surface area contributed by atoms with Gasteiger partial charge in [-0.2, -0.15) is 0 Å². The van der Waals surface area contributed by atoms with Gasteiger partial charge in [0.15, 0.2) is 0 Å². The molecule has 20 heavy (non-hydrogen) atoms. The summed E-state index contributed by atoms with van der Waals surface area (Å²) >= 11 is 5.95. The van der Waals surface area contributed by atoms with E-state index in [9.17, 15) is 4.79 Å². The minimum absolute atomic E-state index is 0.143. The summed E-state index contributed by atoms with van der Waals surface area (Å²) in [7, 11) is 0. The molecule has 0 heterocycles. The maximum absolute atomic E-state index is 12.1. The van der Waals surface area contributed by atoms with Crippen molar-refractivity contribution in [1.82, 2.24) is 5.32 Å².